The molecule has 1 aliphatic heterocycles. The maximum absolute atomic E-state index is 12.9. The Kier molecular flexibility index (Phi) is 6.02. The summed E-state index contributed by atoms with van der Waals surface area (Å²) < 4.78 is 11.6. The number of hydrogen-bond donors (Lipinski definition) is 2. The lowest BCUT2D eigenvalue weighted by Crippen LogP contribution is -2.26. The van der Waals surface area contributed by atoms with Crippen molar-refractivity contribution in [2.45, 2.75) is 12.8 Å². The van der Waals surface area contributed by atoms with Gasteiger partial charge in [-0.05, 0) is 63.5 Å². The minimum Gasteiger partial charge on any atom is -0.497 e. The Balaban J connectivity index is 1.36. The zero-order chi connectivity index (χ0) is 23.7. The van der Waals surface area contributed by atoms with E-state index < -0.39 is 11.9 Å². The largest absolute Gasteiger partial charge is 0.497 e. The molecule has 0 saturated carbocycles. The minimum absolute atomic E-state index is 0.143. The van der Waals surface area contributed by atoms with Gasteiger partial charge in [-0.1, -0.05) is 24.3 Å². The monoisotopic (exact) mass is 519 g/mol. The second-order valence-corrected chi connectivity index (χ2v) is 8.69. The molecule has 0 bridgehead atoms. The van der Waals surface area contributed by atoms with Crippen LogP contribution in [-0.2, 0) is 4.79 Å². The molecule has 5 rings (SSSR count). The van der Waals surface area contributed by atoms with Gasteiger partial charge in [0, 0.05) is 6.54 Å². The number of benzene rings is 3. The number of fused-ring (bicyclic) bond motifs is 2. The zero-order valence-electron chi connectivity index (χ0n) is 18.6. The molecule has 1 aromatic heterocycles. The van der Waals surface area contributed by atoms with Crippen molar-refractivity contribution in [3.63, 3.8) is 0 Å². The second kappa shape index (κ2) is 9.26. The number of carbonyl (C=O) groups excluding carboxylic acids is 1. The van der Waals surface area contributed by atoms with Crippen LogP contribution in [-0.4, -0.2) is 42.1 Å². The Morgan fingerprint density at radius 3 is 2.76 bits per heavy atom. The number of rotatable bonds is 5. The minimum atomic E-state index is -0.480. The fraction of sp³-hybridized carbons (Fsp3) is 0.200. The lowest BCUT2D eigenvalue weighted by molar-refractivity contribution is -0.135. The lowest BCUT2D eigenvalue weighted by Gasteiger charge is -2.13. The molecule has 0 amide bonds. The number of guanidine groups is 1. The maximum Gasteiger partial charge on any atom is 0.319 e. The molecule has 172 valence electrons. The van der Waals surface area contributed by atoms with Crippen LogP contribution in [0.3, 0.4) is 0 Å². The third-order valence-electron chi connectivity index (χ3n) is 5.69. The van der Waals surface area contributed by atoms with E-state index in [9.17, 15) is 4.79 Å². The highest BCUT2D eigenvalue weighted by molar-refractivity contribution is 9.10. The van der Waals surface area contributed by atoms with Gasteiger partial charge in [-0.3, -0.25) is 9.79 Å². The summed E-state index contributed by atoms with van der Waals surface area (Å²) in [5, 5.41) is 8.46. The number of aromatic nitrogens is 2. The average Bonchev–Trinajstić information content (AvgIpc) is 3.38. The molecule has 1 atom stereocenters. The van der Waals surface area contributed by atoms with Gasteiger partial charge < -0.3 is 20.1 Å². The summed E-state index contributed by atoms with van der Waals surface area (Å²) in [6, 6.07) is 15.5. The molecule has 0 fully saturated rings. The first kappa shape index (κ1) is 22.1. The predicted molar refractivity (Wildman–Crippen MR) is 136 cm³/mol. The van der Waals surface area contributed by atoms with Crippen LogP contribution >= 0.6 is 15.9 Å². The van der Waals surface area contributed by atoms with Gasteiger partial charge in [0.05, 0.1) is 41.4 Å². The van der Waals surface area contributed by atoms with Crippen molar-refractivity contribution >= 4 is 55.4 Å². The number of hydrogen-bond acceptors (Lipinski definition) is 8. The summed E-state index contributed by atoms with van der Waals surface area (Å²) in [5.41, 5.74) is 2.91. The Morgan fingerprint density at radius 2 is 1.97 bits per heavy atom. The highest BCUT2D eigenvalue weighted by atomic mass is 79.9. The van der Waals surface area contributed by atoms with E-state index in [4.69, 9.17) is 9.47 Å². The van der Waals surface area contributed by atoms with E-state index in [1.54, 1.807) is 7.11 Å². The highest BCUT2D eigenvalue weighted by Gasteiger charge is 2.20. The van der Waals surface area contributed by atoms with E-state index in [0.717, 1.165) is 40.9 Å². The number of ether oxygens (including phenoxy) is 2. The topological polar surface area (TPSA) is 97.7 Å². The number of carbonyl (C=O) groups is 1. The van der Waals surface area contributed by atoms with Crippen molar-refractivity contribution in [1.29, 1.82) is 0 Å². The molecule has 2 N–H and O–H groups in total. The molecule has 4 aromatic rings. The molecule has 9 heteroatoms. The van der Waals surface area contributed by atoms with Crippen molar-refractivity contribution in [2.24, 2.45) is 4.99 Å². The van der Waals surface area contributed by atoms with E-state index in [1.165, 1.54) is 6.20 Å². The SMILES string of the molecule is COc1ccc2cc([C@H](C)C(=O)Oc3cnc4ccc(NC5=NCCN5)c(Br)c4n3)ccc2c1. The lowest BCUT2D eigenvalue weighted by atomic mass is 9.98. The first-order valence-electron chi connectivity index (χ1n) is 10.8. The molecule has 3 aromatic carbocycles. The number of aliphatic imine (C=N–C) groups is 1. The number of nitrogens with zero attached hydrogens (tertiary/aromatic N) is 3. The predicted octanol–water partition coefficient (Wildman–Crippen LogP) is 4.63. The van der Waals surface area contributed by atoms with Gasteiger partial charge in [0.15, 0.2) is 5.96 Å². The normalized spacial score (nSPS) is 13.9. The molecule has 0 unspecified atom stereocenters. The third kappa shape index (κ3) is 4.38. The van der Waals surface area contributed by atoms with Gasteiger partial charge in [0.1, 0.15) is 11.3 Å². The maximum atomic E-state index is 12.9. The third-order valence-corrected chi connectivity index (χ3v) is 6.49. The van der Waals surface area contributed by atoms with Crippen LogP contribution in [0.2, 0.25) is 0 Å². The standard InChI is InChI=1S/C25H22BrN5O3/c1-14(15-3-4-17-12-18(33-2)6-5-16(17)11-15)24(32)34-21-13-29-20-8-7-19(22(26)23(20)31-21)30-25-27-9-10-28-25/h3-8,11-14H,9-10H2,1-2H3,(H2,27,28,30)/t14-/m0/s1. The van der Waals surface area contributed by atoms with Crippen LogP contribution in [0.5, 0.6) is 11.6 Å². The zero-order valence-corrected chi connectivity index (χ0v) is 20.2. The molecule has 34 heavy (non-hydrogen) atoms. The average molecular weight is 520 g/mol. The Bertz CT molecular complexity index is 1440. The smallest absolute Gasteiger partial charge is 0.319 e. The molecule has 0 aliphatic carbocycles. The van der Waals surface area contributed by atoms with Crippen molar-refractivity contribution in [1.82, 2.24) is 15.3 Å². The second-order valence-electron chi connectivity index (χ2n) is 7.90. The number of esters is 1. The van der Waals surface area contributed by atoms with Gasteiger partial charge in [-0.25, -0.2) is 9.97 Å². The summed E-state index contributed by atoms with van der Waals surface area (Å²) in [4.78, 5) is 26.2. The van der Waals surface area contributed by atoms with Crippen LogP contribution in [0.1, 0.15) is 18.4 Å². The van der Waals surface area contributed by atoms with Crippen LogP contribution in [0.25, 0.3) is 21.8 Å². The first-order chi connectivity index (χ1) is 16.5. The van der Waals surface area contributed by atoms with Gasteiger partial charge >= 0.3 is 5.97 Å². The summed E-state index contributed by atoms with van der Waals surface area (Å²) in [6.45, 7) is 3.35. The number of anilines is 1. The van der Waals surface area contributed by atoms with Crippen molar-refractivity contribution in [3.05, 3.63) is 64.8 Å². The van der Waals surface area contributed by atoms with Crippen molar-refractivity contribution in [3.8, 4) is 11.6 Å². The fourth-order valence-corrected chi connectivity index (χ4v) is 4.27. The molecular formula is C25H22BrN5O3. The van der Waals surface area contributed by atoms with Crippen LogP contribution < -0.4 is 20.1 Å². The highest BCUT2D eigenvalue weighted by Crippen LogP contribution is 2.31. The summed E-state index contributed by atoms with van der Waals surface area (Å²) in [6.07, 6.45) is 1.46. The summed E-state index contributed by atoms with van der Waals surface area (Å²) >= 11 is 3.59. The molecule has 0 spiro atoms. The van der Waals surface area contributed by atoms with Gasteiger partial charge in [0.2, 0.25) is 5.88 Å². The fourth-order valence-electron chi connectivity index (χ4n) is 3.75. The van der Waals surface area contributed by atoms with Gasteiger partial charge in [0.25, 0.3) is 0 Å². The Morgan fingerprint density at radius 1 is 1.15 bits per heavy atom. The van der Waals surface area contributed by atoms with E-state index in [1.807, 2.05) is 55.5 Å². The quantitative estimate of drug-likeness (QED) is 0.370. The Labute approximate surface area is 204 Å². The van der Waals surface area contributed by atoms with Crippen molar-refractivity contribution < 1.29 is 14.3 Å². The van der Waals surface area contributed by atoms with E-state index in [2.05, 4.69) is 41.5 Å². The number of nitrogens with one attached hydrogen (secondary N) is 2. The van der Waals surface area contributed by atoms with Crippen LogP contribution in [0, 0.1) is 0 Å². The number of halogens is 1. The molecular weight excluding hydrogens is 498 g/mol. The molecule has 0 radical (unpaired) electrons. The molecule has 0 saturated heterocycles. The van der Waals surface area contributed by atoms with Crippen LogP contribution in [0.4, 0.5) is 5.69 Å². The molecule has 8 nitrogen and oxygen atoms in total. The van der Waals surface area contributed by atoms with E-state index in [0.29, 0.717) is 21.5 Å². The van der Waals surface area contributed by atoms with E-state index in [-0.39, 0.29) is 5.88 Å². The summed E-state index contributed by atoms with van der Waals surface area (Å²) in [7, 11) is 1.64. The number of methoxy groups -OCH3 is 1. The van der Waals surface area contributed by atoms with Crippen molar-refractivity contribution in [2.75, 3.05) is 25.5 Å². The Hall–Kier alpha value is -3.72. The molecule has 2 heterocycles. The van der Waals surface area contributed by atoms with Crippen LogP contribution in [0.15, 0.2) is 64.2 Å². The molecule has 1 aliphatic rings. The van der Waals surface area contributed by atoms with Gasteiger partial charge in [-0.15, -0.1) is 0 Å². The van der Waals surface area contributed by atoms with E-state index >= 15 is 0 Å². The summed E-state index contributed by atoms with van der Waals surface area (Å²) in [5.74, 6) is 0.755. The van der Waals surface area contributed by atoms with Gasteiger partial charge in [-0.2, -0.15) is 0 Å². The first-order valence-corrected chi connectivity index (χ1v) is 11.6.